The summed E-state index contributed by atoms with van der Waals surface area (Å²) >= 11 is 5.91. The largest absolute Gasteiger partial charge is 0.496 e. The van der Waals surface area contributed by atoms with Gasteiger partial charge in [-0.2, -0.15) is 0 Å². The number of halogens is 1. The maximum absolute atomic E-state index is 12.6. The van der Waals surface area contributed by atoms with Crippen LogP contribution in [-0.4, -0.2) is 18.9 Å². The van der Waals surface area contributed by atoms with Crippen LogP contribution in [0.15, 0.2) is 72.5 Å². The Kier molecular flexibility index (Phi) is 5.06. The molecule has 0 N–H and O–H groups in total. The zero-order valence-electron chi connectivity index (χ0n) is 15.3. The number of esters is 1. The van der Waals surface area contributed by atoms with Crippen LogP contribution in [0, 0.1) is 0 Å². The predicted molar refractivity (Wildman–Crippen MR) is 109 cm³/mol. The molecule has 0 radical (unpaired) electrons. The van der Waals surface area contributed by atoms with Gasteiger partial charge in [-0.3, -0.25) is 4.79 Å². The first-order valence-corrected chi connectivity index (χ1v) is 9.12. The number of benzene rings is 3. The molecule has 3 aromatic carbocycles. The van der Waals surface area contributed by atoms with E-state index in [1.54, 1.807) is 49.6 Å². The van der Waals surface area contributed by atoms with Crippen molar-refractivity contribution >= 4 is 29.4 Å². The highest BCUT2D eigenvalue weighted by Crippen LogP contribution is 2.36. The van der Waals surface area contributed by atoms with E-state index in [0.29, 0.717) is 27.6 Å². The minimum Gasteiger partial charge on any atom is -0.496 e. The number of ketones is 1. The minimum absolute atomic E-state index is 0.169. The lowest BCUT2D eigenvalue weighted by Gasteiger charge is -2.06. The molecule has 6 heteroatoms. The summed E-state index contributed by atoms with van der Waals surface area (Å²) in [5, 5.41) is 0.438. The van der Waals surface area contributed by atoms with Gasteiger partial charge in [-0.05, 0) is 42.5 Å². The first-order valence-electron chi connectivity index (χ1n) is 8.74. The van der Waals surface area contributed by atoms with Crippen LogP contribution in [0.4, 0.5) is 0 Å². The summed E-state index contributed by atoms with van der Waals surface area (Å²) in [5.41, 5.74) is 1.44. The van der Waals surface area contributed by atoms with Crippen LogP contribution in [-0.2, 0) is 0 Å². The number of carbonyl (C=O) groups excluding carboxylic acids is 2. The highest BCUT2D eigenvalue weighted by molar-refractivity contribution is 6.30. The van der Waals surface area contributed by atoms with Gasteiger partial charge in [-0.15, -0.1) is 0 Å². The van der Waals surface area contributed by atoms with E-state index >= 15 is 0 Å². The molecule has 1 aliphatic rings. The molecular formula is C23H15ClO5. The number of para-hydroxylation sites is 1. The van der Waals surface area contributed by atoms with E-state index in [4.69, 9.17) is 25.8 Å². The highest BCUT2D eigenvalue weighted by atomic mass is 35.5. The number of hydrogen-bond donors (Lipinski definition) is 0. The first kappa shape index (κ1) is 18.8. The molecule has 4 rings (SSSR count). The number of carbonyl (C=O) groups is 2. The molecule has 0 bridgehead atoms. The Hall–Kier alpha value is -3.57. The van der Waals surface area contributed by atoms with E-state index in [1.807, 2.05) is 18.2 Å². The van der Waals surface area contributed by atoms with Crippen LogP contribution in [0.3, 0.4) is 0 Å². The fourth-order valence-corrected chi connectivity index (χ4v) is 3.13. The number of ether oxygens (including phenoxy) is 3. The Balaban J connectivity index is 1.57. The number of hydrogen-bond acceptors (Lipinski definition) is 5. The molecule has 0 saturated heterocycles. The lowest BCUT2D eigenvalue weighted by atomic mass is 10.1. The smallest absolute Gasteiger partial charge is 0.343 e. The average molecular weight is 407 g/mol. The lowest BCUT2D eigenvalue weighted by molar-refractivity contribution is 0.0734. The third kappa shape index (κ3) is 3.86. The number of allylic oxidation sites excluding steroid dienone is 1. The van der Waals surface area contributed by atoms with Crippen molar-refractivity contribution < 1.29 is 23.8 Å². The van der Waals surface area contributed by atoms with E-state index in [9.17, 15) is 9.59 Å². The van der Waals surface area contributed by atoms with E-state index < -0.39 is 5.97 Å². The van der Waals surface area contributed by atoms with Gasteiger partial charge in [-0.25, -0.2) is 4.79 Å². The molecule has 1 aliphatic heterocycles. The topological polar surface area (TPSA) is 61.8 Å². The monoisotopic (exact) mass is 406 g/mol. The number of fused-ring (bicyclic) bond motifs is 1. The van der Waals surface area contributed by atoms with Gasteiger partial charge in [0.2, 0.25) is 5.78 Å². The maximum atomic E-state index is 12.6. The van der Waals surface area contributed by atoms with Crippen molar-refractivity contribution in [2.24, 2.45) is 0 Å². The van der Waals surface area contributed by atoms with Crippen molar-refractivity contribution in [2.75, 3.05) is 7.11 Å². The van der Waals surface area contributed by atoms with Crippen molar-refractivity contribution in [3.63, 3.8) is 0 Å². The van der Waals surface area contributed by atoms with Crippen LogP contribution < -0.4 is 14.2 Å². The van der Waals surface area contributed by atoms with Crippen molar-refractivity contribution in [1.82, 2.24) is 0 Å². The van der Waals surface area contributed by atoms with Gasteiger partial charge < -0.3 is 14.2 Å². The lowest BCUT2D eigenvalue weighted by Crippen LogP contribution is -2.08. The summed E-state index contributed by atoms with van der Waals surface area (Å²) in [4.78, 5) is 24.9. The predicted octanol–water partition coefficient (Wildman–Crippen LogP) is 5.18. The number of rotatable bonds is 4. The van der Waals surface area contributed by atoms with Crippen molar-refractivity contribution in [3.05, 3.63) is 94.2 Å². The van der Waals surface area contributed by atoms with E-state index in [1.165, 1.54) is 12.1 Å². The number of Topliss-reactive ketones (excluding diaryl/α,β-unsaturated/α-hetero) is 1. The normalized spacial score (nSPS) is 13.7. The average Bonchev–Trinajstić information content (AvgIpc) is 3.03. The summed E-state index contributed by atoms with van der Waals surface area (Å²) in [6.07, 6.45) is 1.62. The van der Waals surface area contributed by atoms with Crippen LogP contribution in [0.25, 0.3) is 6.08 Å². The van der Waals surface area contributed by atoms with Gasteiger partial charge in [0.25, 0.3) is 0 Å². The molecule has 0 spiro atoms. The Labute approximate surface area is 172 Å². The van der Waals surface area contributed by atoms with Crippen LogP contribution >= 0.6 is 11.6 Å². The standard InChI is InChI=1S/C23H15ClO5/c1-27-19-8-3-2-5-14(19)12-21-22(25)18-10-9-17(13-20(18)29-21)28-23(26)15-6-4-7-16(24)11-15/h2-13H,1H3/b21-12-. The van der Waals surface area contributed by atoms with E-state index in [0.717, 1.165) is 5.56 Å². The Morgan fingerprint density at radius 2 is 1.86 bits per heavy atom. The van der Waals surface area contributed by atoms with Crippen LogP contribution in [0.2, 0.25) is 5.02 Å². The van der Waals surface area contributed by atoms with Gasteiger partial charge in [-0.1, -0.05) is 35.9 Å². The molecule has 0 aliphatic carbocycles. The van der Waals surface area contributed by atoms with Crippen LogP contribution in [0.5, 0.6) is 17.2 Å². The molecule has 0 fully saturated rings. The molecule has 29 heavy (non-hydrogen) atoms. The van der Waals surface area contributed by atoms with Gasteiger partial charge in [0.1, 0.15) is 17.2 Å². The molecule has 0 aromatic heterocycles. The second kappa shape index (κ2) is 7.81. The van der Waals surface area contributed by atoms with Gasteiger partial charge >= 0.3 is 5.97 Å². The summed E-state index contributed by atoms with van der Waals surface area (Å²) in [5.74, 6) is 0.583. The highest BCUT2D eigenvalue weighted by Gasteiger charge is 2.28. The Morgan fingerprint density at radius 3 is 2.66 bits per heavy atom. The molecule has 5 nitrogen and oxygen atoms in total. The summed E-state index contributed by atoms with van der Waals surface area (Å²) < 4.78 is 16.4. The third-order valence-electron chi connectivity index (χ3n) is 4.34. The molecule has 0 saturated carbocycles. The molecule has 0 atom stereocenters. The Morgan fingerprint density at radius 1 is 1.03 bits per heavy atom. The summed E-state index contributed by atoms with van der Waals surface area (Å²) in [6, 6.07) is 18.4. The zero-order valence-corrected chi connectivity index (χ0v) is 16.1. The van der Waals surface area contributed by atoms with Crippen molar-refractivity contribution in [1.29, 1.82) is 0 Å². The molecule has 144 valence electrons. The molecule has 0 amide bonds. The Bertz CT molecular complexity index is 1150. The summed E-state index contributed by atoms with van der Waals surface area (Å²) in [7, 11) is 1.56. The van der Waals surface area contributed by atoms with E-state index in [2.05, 4.69) is 0 Å². The zero-order chi connectivity index (χ0) is 20.4. The SMILES string of the molecule is COc1ccccc1/C=C1\Oc2cc(OC(=O)c3cccc(Cl)c3)ccc2C1=O. The van der Waals surface area contributed by atoms with Gasteiger partial charge in [0, 0.05) is 16.7 Å². The van der Waals surface area contributed by atoms with Crippen LogP contribution in [0.1, 0.15) is 26.3 Å². The first-order chi connectivity index (χ1) is 14.0. The molecule has 3 aromatic rings. The second-order valence-corrected chi connectivity index (χ2v) is 6.68. The van der Waals surface area contributed by atoms with Gasteiger partial charge in [0.15, 0.2) is 5.76 Å². The molecule has 0 unspecified atom stereocenters. The van der Waals surface area contributed by atoms with Gasteiger partial charge in [0.05, 0.1) is 18.2 Å². The molecule has 1 heterocycles. The number of methoxy groups -OCH3 is 1. The summed E-state index contributed by atoms with van der Waals surface area (Å²) in [6.45, 7) is 0. The second-order valence-electron chi connectivity index (χ2n) is 6.24. The maximum Gasteiger partial charge on any atom is 0.343 e. The minimum atomic E-state index is -0.554. The molecular weight excluding hydrogens is 392 g/mol. The van der Waals surface area contributed by atoms with Crippen molar-refractivity contribution in [3.8, 4) is 17.2 Å². The fourth-order valence-electron chi connectivity index (χ4n) is 2.94. The fraction of sp³-hybridized carbons (Fsp3) is 0.0435. The van der Waals surface area contributed by atoms with Crippen molar-refractivity contribution in [2.45, 2.75) is 0 Å². The quantitative estimate of drug-likeness (QED) is 0.339. The third-order valence-corrected chi connectivity index (χ3v) is 4.57. The van der Waals surface area contributed by atoms with E-state index in [-0.39, 0.29) is 17.3 Å².